The number of hydrogen-bond donors (Lipinski definition) is 2. The number of para-hydroxylation sites is 1. The van der Waals surface area contributed by atoms with Gasteiger partial charge in [0, 0.05) is 18.9 Å². The Morgan fingerprint density at radius 3 is 2.67 bits per heavy atom. The molecule has 0 aliphatic carbocycles. The molecule has 2 N–H and O–H groups in total. The summed E-state index contributed by atoms with van der Waals surface area (Å²) in [7, 11) is 0. The molecule has 0 amide bonds. The van der Waals surface area contributed by atoms with E-state index in [4.69, 9.17) is 17.0 Å². The van der Waals surface area contributed by atoms with Gasteiger partial charge in [-0.05, 0) is 43.4 Å². The number of anilines is 1. The highest BCUT2D eigenvalue weighted by molar-refractivity contribution is 7.80. The summed E-state index contributed by atoms with van der Waals surface area (Å²) in [6, 6.07) is 9.07. The standard InChI is InChI=1S/C17H19N3O3S/c1-2-18-17(24)23-12-10-20(11-12)14-7-5-6-13(16(21)22)15(14)19-8-3-4-9-19/h3-9,12H,2,10-11H2,1H3,(H,18,24)(H,21,22). The Morgan fingerprint density at radius 1 is 1.33 bits per heavy atom. The molecule has 0 atom stereocenters. The van der Waals surface area contributed by atoms with Crippen molar-refractivity contribution in [2.75, 3.05) is 24.5 Å². The average Bonchev–Trinajstić information content (AvgIpc) is 3.04. The van der Waals surface area contributed by atoms with Crippen molar-refractivity contribution < 1.29 is 14.6 Å². The van der Waals surface area contributed by atoms with Crippen LogP contribution in [-0.4, -0.2) is 46.6 Å². The summed E-state index contributed by atoms with van der Waals surface area (Å²) < 4.78 is 7.47. The summed E-state index contributed by atoms with van der Waals surface area (Å²) in [5.41, 5.74) is 1.82. The minimum Gasteiger partial charge on any atom is -0.478 e. The van der Waals surface area contributed by atoms with Crippen LogP contribution < -0.4 is 10.2 Å². The third-order valence-electron chi connectivity index (χ3n) is 3.89. The Hall–Kier alpha value is -2.54. The second kappa shape index (κ2) is 6.92. The van der Waals surface area contributed by atoms with Crippen LogP contribution in [0.25, 0.3) is 5.69 Å². The lowest BCUT2D eigenvalue weighted by molar-refractivity contribution is 0.0697. The third-order valence-corrected chi connectivity index (χ3v) is 4.13. The molecule has 1 aliphatic heterocycles. The maximum absolute atomic E-state index is 11.6. The third kappa shape index (κ3) is 3.21. The quantitative estimate of drug-likeness (QED) is 0.811. The normalized spacial score (nSPS) is 14.1. The van der Waals surface area contributed by atoms with Crippen molar-refractivity contribution >= 4 is 29.0 Å². The van der Waals surface area contributed by atoms with E-state index in [0.29, 0.717) is 24.0 Å². The number of benzene rings is 1. The molecule has 0 spiro atoms. The molecule has 0 bridgehead atoms. The molecule has 2 heterocycles. The molecule has 126 valence electrons. The van der Waals surface area contributed by atoms with E-state index in [-0.39, 0.29) is 11.7 Å². The van der Waals surface area contributed by atoms with Gasteiger partial charge in [-0.3, -0.25) is 0 Å². The first kappa shape index (κ1) is 16.3. The Labute approximate surface area is 145 Å². The molecule has 0 radical (unpaired) electrons. The summed E-state index contributed by atoms with van der Waals surface area (Å²) in [6.45, 7) is 4.03. The van der Waals surface area contributed by atoms with Gasteiger partial charge in [-0.15, -0.1) is 0 Å². The molecular weight excluding hydrogens is 326 g/mol. The van der Waals surface area contributed by atoms with E-state index in [2.05, 4.69) is 10.2 Å². The number of nitrogens with zero attached hydrogens (tertiary/aromatic N) is 2. The van der Waals surface area contributed by atoms with Crippen molar-refractivity contribution in [2.24, 2.45) is 0 Å². The predicted octanol–water partition coefficient (Wildman–Crippen LogP) is 2.28. The molecular formula is C17H19N3O3S. The number of thiocarbonyl (C=S) groups is 1. The van der Waals surface area contributed by atoms with Gasteiger partial charge in [-0.2, -0.15) is 0 Å². The van der Waals surface area contributed by atoms with Crippen molar-refractivity contribution in [3.63, 3.8) is 0 Å². The molecule has 1 aromatic heterocycles. The highest BCUT2D eigenvalue weighted by atomic mass is 32.1. The number of nitrogens with one attached hydrogen (secondary N) is 1. The molecule has 1 aromatic carbocycles. The van der Waals surface area contributed by atoms with Gasteiger partial charge in [0.25, 0.3) is 5.17 Å². The number of carbonyl (C=O) groups is 1. The number of carboxylic acids is 1. The monoisotopic (exact) mass is 345 g/mol. The molecule has 1 saturated heterocycles. The maximum Gasteiger partial charge on any atom is 0.337 e. The van der Waals surface area contributed by atoms with E-state index in [1.54, 1.807) is 12.1 Å². The highest BCUT2D eigenvalue weighted by Crippen LogP contribution is 2.32. The van der Waals surface area contributed by atoms with E-state index in [0.717, 1.165) is 12.2 Å². The molecule has 0 saturated carbocycles. The van der Waals surface area contributed by atoms with E-state index in [1.165, 1.54) is 0 Å². The first-order chi connectivity index (χ1) is 11.6. The Morgan fingerprint density at radius 2 is 2.04 bits per heavy atom. The number of aromatic carboxylic acids is 1. The van der Waals surface area contributed by atoms with Gasteiger partial charge >= 0.3 is 5.97 Å². The molecule has 0 unspecified atom stereocenters. The van der Waals surface area contributed by atoms with Gasteiger partial charge in [-0.1, -0.05) is 6.07 Å². The second-order valence-electron chi connectivity index (χ2n) is 5.53. The number of hydrogen-bond acceptors (Lipinski definition) is 4. The highest BCUT2D eigenvalue weighted by Gasteiger charge is 2.32. The van der Waals surface area contributed by atoms with Gasteiger partial charge in [0.05, 0.1) is 30.0 Å². The first-order valence-electron chi connectivity index (χ1n) is 7.79. The predicted molar refractivity (Wildman–Crippen MR) is 96.1 cm³/mol. The SMILES string of the molecule is CCNC(=S)OC1CN(c2cccc(C(=O)O)c2-n2cccc2)C1. The van der Waals surface area contributed by atoms with Crippen LogP contribution in [0.1, 0.15) is 17.3 Å². The molecule has 1 fully saturated rings. The van der Waals surface area contributed by atoms with Gasteiger partial charge < -0.3 is 24.6 Å². The van der Waals surface area contributed by atoms with Crippen LogP contribution in [-0.2, 0) is 4.74 Å². The van der Waals surface area contributed by atoms with Crippen molar-refractivity contribution in [3.8, 4) is 5.69 Å². The van der Waals surface area contributed by atoms with Gasteiger partial charge in [-0.25, -0.2) is 4.79 Å². The molecule has 7 heteroatoms. The van der Waals surface area contributed by atoms with E-state index in [9.17, 15) is 9.90 Å². The summed E-state index contributed by atoms with van der Waals surface area (Å²) >= 11 is 5.10. The summed E-state index contributed by atoms with van der Waals surface area (Å²) in [5, 5.41) is 12.9. The largest absolute Gasteiger partial charge is 0.478 e. The minimum atomic E-state index is -0.942. The van der Waals surface area contributed by atoms with E-state index < -0.39 is 5.97 Å². The van der Waals surface area contributed by atoms with Crippen molar-refractivity contribution in [3.05, 3.63) is 48.3 Å². The van der Waals surface area contributed by atoms with Crippen LogP contribution in [0.2, 0.25) is 0 Å². The van der Waals surface area contributed by atoms with E-state index >= 15 is 0 Å². The number of aromatic nitrogens is 1. The second-order valence-corrected chi connectivity index (χ2v) is 5.90. The fourth-order valence-corrected chi connectivity index (χ4v) is 3.04. The maximum atomic E-state index is 11.6. The summed E-state index contributed by atoms with van der Waals surface area (Å²) in [4.78, 5) is 13.7. The lowest BCUT2D eigenvalue weighted by Gasteiger charge is -2.41. The smallest absolute Gasteiger partial charge is 0.337 e. The Bertz CT molecular complexity index is 740. The summed E-state index contributed by atoms with van der Waals surface area (Å²) in [5.74, 6) is -0.942. The topological polar surface area (TPSA) is 66.7 Å². The fourth-order valence-electron chi connectivity index (χ4n) is 2.76. The zero-order chi connectivity index (χ0) is 17.1. The Balaban J connectivity index is 1.81. The number of rotatable bonds is 5. The average molecular weight is 345 g/mol. The summed E-state index contributed by atoms with van der Waals surface area (Å²) in [6.07, 6.45) is 3.71. The number of carboxylic acid groups (broad SMARTS) is 1. The van der Waals surface area contributed by atoms with Crippen LogP contribution in [0.4, 0.5) is 5.69 Å². The molecule has 1 aliphatic rings. The molecule has 6 nitrogen and oxygen atoms in total. The number of ether oxygens (including phenoxy) is 1. The fraction of sp³-hybridized carbons (Fsp3) is 0.294. The molecule has 24 heavy (non-hydrogen) atoms. The zero-order valence-electron chi connectivity index (χ0n) is 13.3. The zero-order valence-corrected chi connectivity index (χ0v) is 14.1. The van der Waals surface area contributed by atoms with Crippen molar-refractivity contribution in [1.82, 2.24) is 9.88 Å². The van der Waals surface area contributed by atoms with Crippen LogP contribution in [0.15, 0.2) is 42.7 Å². The lowest BCUT2D eigenvalue weighted by atomic mass is 10.1. The van der Waals surface area contributed by atoms with Crippen molar-refractivity contribution in [1.29, 1.82) is 0 Å². The van der Waals surface area contributed by atoms with Crippen LogP contribution in [0.5, 0.6) is 0 Å². The van der Waals surface area contributed by atoms with Crippen LogP contribution in [0.3, 0.4) is 0 Å². The minimum absolute atomic E-state index is 0.0162. The van der Waals surface area contributed by atoms with Crippen molar-refractivity contribution in [2.45, 2.75) is 13.0 Å². The van der Waals surface area contributed by atoms with Crippen LogP contribution in [0, 0.1) is 0 Å². The first-order valence-corrected chi connectivity index (χ1v) is 8.20. The van der Waals surface area contributed by atoms with Gasteiger partial charge in [0.1, 0.15) is 6.10 Å². The van der Waals surface area contributed by atoms with Gasteiger partial charge in [0.2, 0.25) is 0 Å². The molecule has 2 aromatic rings. The van der Waals surface area contributed by atoms with Crippen LogP contribution >= 0.6 is 12.2 Å². The van der Waals surface area contributed by atoms with Gasteiger partial charge in [0.15, 0.2) is 0 Å². The lowest BCUT2D eigenvalue weighted by Crippen LogP contribution is -2.54. The Kier molecular flexibility index (Phi) is 4.71. The molecule has 3 rings (SSSR count). The van der Waals surface area contributed by atoms with E-state index in [1.807, 2.05) is 42.1 Å².